The van der Waals surface area contributed by atoms with Gasteiger partial charge < -0.3 is 10.2 Å². The minimum Gasteiger partial charge on any atom is -0.370 e. The molecule has 164 valence electrons. The molecule has 7 nitrogen and oxygen atoms in total. The van der Waals surface area contributed by atoms with Crippen LogP contribution in [0.3, 0.4) is 0 Å². The van der Waals surface area contributed by atoms with E-state index in [1.807, 2.05) is 4.90 Å². The predicted octanol–water partition coefficient (Wildman–Crippen LogP) is 4.10. The molecule has 3 aromatic rings. The summed E-state index contributed by atoms with van der Waals surface area (Å²) < 4.78 is 41.3. The Hall–Kier alpha value is -2.82. The van der Waals surface area contributed by atoms with E-state index in [0.29, 0.717) is 16.4 Å². The number of carbonyl (C=O) groups excluding carboxylic acids is 1. The lowest BCUT2D eigenvalue weighted by atomic mass is 10.1. The van der Waals surface area contributed by atoms with Crippen molar-refractivity contribution in [2.75, 3.05) is 29.1 Å². The Bertz CT molecular complexity index is 1090. The van der Waals surface area contributed by atoms with Gasteiger partial charge in [-0.15, -0.1) is 0 Å². The van der Waals surface area contributed by atoms with E-state index < -0.39 is 17.6 Å². The number of anilines is 2. The molecule has 2 aromatic heterocycles. The number of halogens is 3. The molecule has 0 radical (unpaired) electrons. The van der Waals surface area contributed by atoms with Crippen molar-refractivity contribution in [2.45, 2.75) is 30.5 Å². The average Bonchev–Trinajstić information content (AvgIpc) is 3.14. The maximum Gasteiger partial charge on any atom is 0.416 e. The molecular weight excluding hydrogens is 429 g/mol. The number of aryl methyl sites for hydroxylation is 1. The summed E-state index contributed by atoms with van der Waals surface area (Å²) in [5.74, 6) is -0.408. The molecule has 11 heteroatoms. The number of rotatable bonds is 5. The second kappa shape index (κ2) is 8.74. The highest BCUT2D eigenvalue weighted by Crippen LogP contribution is 2.36. The van der Waals surface area contributed by atoms with Crippen LogP contribution in [0.2, 0.25) is 0 Å². The molecule has 1 aliphatic rings. The van der Waals surface area contributed by atoms with Crippen LogP contribution in [0.5, 0.6) is 0 Å². The van der Waals surface area contributed by atoms with E-state index in [4.69, 9.17) is 0 Å². The van der Waals surface area contributed by atoms with Gasteiger partial charge in [-0.3, -0.25) is 9.48 Å². The monoisotopic (exact) mass is 450 g/mol. The van der Waals surface area contributed by atoms with Gasteiger partial charge in [0.15, 0.2) is 5.65 Å². The topological polar surface area (TPSA) is 75.9 Å². The minimum absolute atomic E-state index is 0.00328. The third-order valence-corrected chi connectivity index (χ3v) is 6.13. The first-order valence-corrected chi connectivity index (χ1v) is 10.8. The van der Waals surface area contributed by atoms with Crippen molar-refractivity contribution in [1.29, 1.82) is 0 Å². The van der Waals surface area contributed by atoms with Crippen LogP contribution in [0.1, 0.15) is 24.8 Å². The summed E-state index contributed by atoms with van der Waals surface area (Å²) in [5.41, 5.74) is 0.645. The number of nitrogens with one attached hydrogen (secondary N) is 1. The van der Waals surface area contributed by atoms with E-state index in [9.17, 15) is 18.0 Å². The molecule has 1 fully saturated rings. The standard InChI is InChI=1S/C20H21F3N6OS/c1-28-18-14(10-26-28)19(25-12-24-18)31-11-17(30)27-15-9-13(20(21,22)23)5-6-16(15)29-7-3-2-4-8-29/h5-6,9-10,12H,2-4,7-8,11H2,1H3,(H,27,30). The van der Waals surface area contributed by atoms with Crippen molar-refractivity contribution in [3.8, 4) is 0 Å². The molecule has 1 N–H and O–H groups in total. The first-order valence-electron chi connectivity index (χ1n) is 9.84. The molecule has 1 aliphatic heterocycles. The highest BCUT2D eigenvalue weighted by Gasteiger charge is 2.32. The highest BCUT2D eigenvalue weighted by atomic mass is 32.2. The number of benzene rings is 1. The lowest BCUT2D eigenvalue weighted by molar-refractivity contribution is -0.137. The van der Waals surface area contributed by atoms with Crippen LogP contribution in [0.15, 0.2) is 35.7 Å². The lowest BCUT2D eigenvalue weighted by Gasteiger charge is -2.31. The molecule has 31 heavy (non-hydrogen) atoms. The summed E-state index contributed by atoms with van der Waals surface area (Å²) in [6.07, 6.45) is 1.57. The number of hydrogen-bond donors (Lipinski definition) is 1. The summed E-state index contributed by atoms with van der Waals surface area (Å²) in [7, 11) is 1.76. The van der Waals surface area contributed by atoms with E-state index in [1.165, 1.54) is 24.2 Å². The molecule has 1 aromatic carbocycles. The zero-order chi connectivity index (χ0) is 22.0. The molecule has 1 saturated heterocycles. The first kappa shape index (κ1) is 21.4. The third kappa shape index (κ3) is 4.76. The summed E-state index contributed by atoms with van der Waals surface area (Å²) in [5, 5.41) is 8.12. The number of aromatic nitrogens is 4. The Labute approximate surface area is 181 Å². The summed E-state index contributed by atoms with van der Waals surface area (Å²) in [6, 6.07) is 3.52. The van der Waals surface area contributed by atoms with Crippen molar-refractivity contribution in [1.82, 2.24) is 19.7 Å². The van der Waals surface area contributed by atoms with Crippen LogP contribution < -0.4 is 10.2 Å². The Morgan fingerprint density at radius 1 is 1.19 bits per heavy atom. The van der Waals surface area contributed by atoms with Gasteiger partial charge >= 0.3 is 6.18 Å². The van der Waals surface area contributed by atoms with Crippen molar-refractivity contribution < 1.29 is 18.0 Å². The van der Waals surface area contributed by atoms with Gasteiger partial charge in [-0.1, -0.05) is 11.8 Å². The SMILES string of the molecule is Cn1ncc2c(SCC(=O)Nc3cc(C(F)(F)F)ccc3N3CCCCC3)ncnc21. The second-order valence-corrected chi connectivity index (χ2v) is 8.26. The number of amides is 1. The fourth-order valence-corrected chi connectivity index (χ4v) is 4.36. The average molecular weight is 450 g/mol. The van der Waals surface area contributed by atoms with Crippen LogP contribution in [-0.4, -0.2) is 44.5 Å². The second-order valence-electron chi connectivity index (χ2n) is 7.30. The van der Waals surface area contributed by atoms with Crippen LogP contribution in [0, 0.1) is 0 Å². The largest absolute Gasteiger partial charge is 0.416 e. The third-order valence-electron chi connectivity index (χ3n) is 5.13. The predicted molar refractivity (Wildman–Crippen MR) is 113 cm³/mol. The Kier molecular flexibility index (Phi) is 6.03. The van der Waals surface area contributed by atoms with Crippen LogP contribution in [0.4, 0.5) is 24.5 Å². The fourth-order valence-electron chi connectivity index (χ4n) is 3.60. The summed E-state index contributed by atoms with van der Waals surface area (Å²) >= 11 is 1.19. The molecule has 4 rings (SSSR count). The maximum atomic E-state index is 13.2. The summed E-state index contributed by atoms with van der Waals surface area (Å²) in [4.78, 5) is 23.0. The van der Waals surface area contributed by atoms with E-state index in [0.717, 1.165) is 49.9 Å². The van der Waals surface area contributed by atoms with Crippen molar-refractivity contribution in [2.24, 2.45) is 7.05 Å². The summed E-state index contributed by atoms with van der Waals surface area (Å²) in [6.45, 7) is 1.51. The number of fused-ring (bicyclic) bond motifs is 1. The number of piperidine rings is 1. The first-order chi connectivity index (χ1) is 14.8. The number of nitrogens with zero attached hydrogens (tertiary/aromatic N) is 5. The van der Waals surface area contributed by atoms with Crippen LogP contribution in [-0.2, 0) is 18.0 Å². The normalized spacial score (nSPS) is 14.8. The molecule has 0 aliphatic carbocycles. The number of alkyl halides is 3. The molecule has 3 heterocycles. The van der Waals surface area contributed by atoms with Gasteiger partial charge in [0.2, 0.25) is 5.91 Å². The molecule has 0 unspecified atom stereocenters. The fraction of sp³-hybridized carbons (Fsp3) is 0.400. The zero-order valence-electron chi connectivity index (χ0n) is 16.8. The molecule has 1 amide bonds. The van der Waals surface area contributed by atoms with Crippen LogP contribution in [0.25, 0.3) is 11.0 Å². The van der Waals surface area contributed by atoms with Crippen molar-refractivity contribution >= 4 is 40.1 Å². The Morgan fingerprint density at radius 2 is 1.97 bits per heavy atom. The number of thioether (sulfide) groups is 1. The van der Waals surface area contributed by atoms with Gasteiger partial charge in [-0.25, -0.2) is 9.97 Å². The van der Waals surface area contributed by atoms with Gasteiger partial charge in [0, 0.05) is 20.1 Å². The number of hydrogen-bond acceptors (Lipinski definition) is 6. The molecule has 0 spiro atoms. The molecule has 0 bridgehead atoms. The lowest BCUT2D eigenvalue weighted by Crippen LogP contribution is -2.30. The minimum atomic E-state index is -4.48. The van der Waals surface area contributed by atoms with Crippen molar-refractivity contribution in [3.05, 3.63) is 36.3 Å². The van der Waals surface area contributed by atoms with Gasteiger partial charge in [0.1, 0.15) is 11.4 Å². The maximum absolute atomic E-state index is 13.2. The van der Waals surface area contributed by atoms with Crippen LogP contribution >= 0.6 is 11.8 Å². The molecular formula is C20H21F3N6OS. The highest BCUT2D eigenvalue weighted by molar-refractivity contribution is 8.00. The number of carbonyl (C=O) groups is 1. The van der Waals surface area contributed by atoms with E-state index in [-0.39, 0.29) is 11.4 Å². The Balaban J connectivity index is 1.53. The van der Waals surface area contributed by atoms with E-state index in [2.05, 4.69) is 20.4 Å². The molecule has 0 saturated carbocycles. The van der Waals surface area contributed by atoms with E-state index >= 15 is 0 Å². The van der Waals surface area contributed by atoms with Gasteiger partial charge in [-0.05, 0) is 37.5 Å². The van der Waals surface area contributed by atoms with Gasteiger partial charge in [0.05, 0.1) is 34.3 Å². The molecule has 0 atom stereocenters. The van der Waals surface area contributed by atoms with E-state index in [1.54, 1.807) is 17.9 Å². The van der Waals surface area contributed by atoms with Gasteiger partial charge in [-0.2, -0.15) is 18.3 Å². The smallest absolute Gasteiger partial charge is 0.370 e. The van der Waals surface area contributed by atoms with Gasteiger partial charge in [0.25, 0.3) is 0 Å². The van der Waals surface area contributed by atoms with Crippen molar-refractivity contribution in [3.63, 3.8) is 0 Å². The quantitative estimate of drug-likeness (QED) is 0.466. The Morgan fingerprint density at radius 3 is 2.71 bits per heavy atom. The zero-order valence-corrected chi connectivity index (χ0v) is 17.6.